The zero-order valence-electron chi connectivity index (χ0n) is 26.7. The van der Waals surface area contributed by atoms with Gasteiger partial charge in [-0.2, -0.15) is 0 Å². The topological polar surface area (TPSA) is 65.0 Å². The van der Waals surface area contributed by atoms with Crippen molar-refractivity contribution in [3.63, 3.8) is 0 Å². The summed E-state index contributed by atoms with van der Waals surface area (Å²) in [5, 5.41) is 4.23. The van der Waals surface area contributed by atoms with Gasteiger partial charge in [0, 0.05) is 55.6 Å². The molecule has 10 rings (SSSR count). The monoisotopic (exact) mass is 641 g/mol. The lowest BCUT2D eigenvalue weighted by atomic mass is 9.95. The van der Waals surface area contributed by atoms with E-state index < -0.39 is 0 Å². The molecule has 0 unspecified atom stereocenters. The van der Waals surface area contributed by atoms with Crippen LogP contribution in [-0.4, -0.2) is 15.0 Å². The molecule has 0 N–H and O–H groups in total. The molecule has 0 atom stereocenters. The van der Waals surface area contributed by atoms with Crippen LogP contribution in [0.2, 0.25) is 0 Å². The van der Waals surface area contributed by atoms with Crippen molar-refractivity contribution >= 4 is 43.9 Å². The molecule has 0 spiro atoms. The second-order valence-electron chi connectivity index (χ2n) is 12.4. The Bertz CT molecular complexity index is 2870. The van der Waals surface area contributed by atoms with E-state index >= 15 is 0 Å². The first-order valence-corrected chi connectivity index (χ1v) is 16.6. The second-order valence-corrected chi connectivity index (χ2v) is 12.4. The highest BCUT2D eigenvalue weighted by atomic mass is 16.3. The van der Waals surface area contributed by atoms with E-state index in [9.17, 15) is 0 Å². The molecule has 0 amide bonds. The first kappa shape index (κ1) is 28.2. The van der Waals surface area contributed by atoms with Crippen LogP contribution in [0.1, 0.15) is 0 Å². The molecule has 0 aliphatic heterocycles. The molecule has 10 aromatic rings. The number of fused-ring (bicyclic) bond motifs is 6. The lowest BCUT2D eigenvalue weighted by Crippen LogP contribution is -1.98. The molecule has 0 fully saturated rings. The Hall–Kier alpha value is -6.85. The zero-order chi connectivity index (χ0) is 33.0. The standard InChI is InChI=1S/C45H27N3O2/c1-2-12-28(13-3-1)38-27-39(48-45(47-38)34-16-5-4-14-31(34)37-18-10-11-25-46-37)35-24-23-30(44-43(35)36-17-7-9-20-41(36)50-44)29-21-22-33-32-15-6-8-19-40(32)49-42(33)26-29/h1-27H. The second kappa shape index (κ2) is 11.4. The zero-order valence-corrected chi connectivity index (χ0v) is 26.7. The Morgan fingerprint density at radius 1 is 0.380 bits per heavy atom. The molecule has 0 aliphatic rings. The number of aromatic nitrogens is 3. The minimum Gasteiger partial charge on any atom is -0.456 e. The highest BCUT2D eigenvalue weighted by Crippen LogP contribution is 2.43. The Kier molecular flexibility index (Phi) is 6.42. The van der Waals surface area contributed by atoms with E-state index in [0.717, 1.165) is 94.3 Å². The summed E-state index contributed by atoms with van der Waals surface area (Å²) in [5.74, 6) is 0.628. The number of hydrogen-bond acceptors (Lipinski definition) is 5. The van der Waals surface area contributed by atoms with E-state index in [2.05, 4.69) is 83.8 Å². The van der Waals surface area contributed by atoms with Crippen LogP contribution < -0.4 is 0 Å². The largest absolute Gasteiger partial charge is 0.456 e. The Morgan fingerprint density at radius 2 is 1.06 bits per heavy atom. The predicted octanol–water partition coefficient (Wildman–Crippen LogP) is 12.0. The van der Waals surface area contributed by atoms with E-state index in [1.165, 1.54) is 0 Å². The van der Waals surface area contributed by atoms with Gasteiger partial charge >= 0.3 is 0 Å². The highest BCUT2D eigenvalue weighted by molar-refractivity contribution is 6.16. The molecular formula is C45H27N3O2. The van der Waals surface area contributed by atoms with Crippen molar-refractivity contribution in [2.75, 3.05) is 0 Å². The van der Waals surface area contributed by atoms with Crippen LogP contribution in [0, 0.1) is 0 Å². The number of hydrogen-bond donors (Lipinski definition) is 0. The lowest BCUT2D eigenvalue weighted by molar-refractivity contribution is 0.668. The van der Waals surface area contributed by atoms with Crippen molar-refractivity contribution in [2.45, 2.75) is 0 Å². The van der Waals surface area contributed by atoms with Crippen molar-refractivity contribution in [3.8, 4) is 56.3 Å². The maximum absolute atomic E-state index is 6.70. The van der Waals surface area contributed by atoms with Gasteiger partial charge in [0.1, 0.15) is 22.3 Å². The maximum atomic E-state index is 6.70. The van der Waals surface area contributed by atoms with Gasteiger partial charge in [0.2, 0.25) is 0 Å². The fourth-order valence-electron chi connectivity index (χ4n) is 7.05. The number of rotatable bonds is 5. The van der Waals surface area contributed by atoms with Crippen LogP contribution in [0.5, 0.6) is 0 Å². The molecule has 234 valence electrons. The summed E-state index contributed by atoms with van der Waals surface area (Å²) in [5.41, 5.74) is 11.7. The third-order valence-electron chi connectivity index (χ3n) is 9.40. The van der Waals surface area contributed by atoms with Crippen LogP contribution in [0.15, 0.2) is 173 Å². The first-order chi connectivity index (χ1) is 24.8. The third-order valence-corrected chi connectivity index (χ3v) is 9.40. The van der Waals surface area contributed by atoms with E-state index in [1.807, 2.05) is 85.1 Å². The highest BCUT2D eigenvalue weighted by Gasteiger charge is 2.21. The summed E-state index contributed by atoms with van der Waals surface area (Å²) in [4.78, 5) is 15.1. The van der Waals surface area contributed by atoms with Crippen molar-refractivity contribution in [1.29, 1.82) is 0 Å². The number of para-hydroxylation sites is 2. The molecule has 50 heavy (non-hydrogen) atoms. The van der Waals surface area contributed by atoms with Gasteiger partial charge in [-0.05, 0) is 54.1 Å². The van der Waals surface area contributed by atoms with Gasteiger partial charge in [0.05, 0.1) is 17.1 Å². The van der Waals surface area contributed by atoms with Gasteiger partial charge in [-0.1, -0.05) is 109 Å². The van der Waals surface area contributed by atoms with Gasteiger partial charge in [0.25, 0.3) is 0 Å². The van der Waals surface area contributed by atoms with Crippen LogP contribution in [0.25, 0.3) is 100 Å². The average Bonchev–Trinajstić information content (AvgIpc) is 3.77. The summed E-state index contributed by atoms with van der Waals surface area (Å²) in [6.07, 6.45) is 1.81. The van der Waals surface area contributed by atoms with E-state index in [4.69, 9.17) is 18.8 Å². The van der Waals surface area contributed by atoms with Crippen molar-refractivity contribution in [2.24, 2.45) is 0 Å². The summed E-state index contributed by atoms with van der Waals surface area (Å²) in [6.45, 7) is 0. The van der Waals surface area contributed by atoms with Crippen LogP contribution in [0.3, 0.4) is 0 Å². The molecule has 6 aromatic carbocycles. The molecule has 0 saturated heterocycles. The van der Waals surface area contributed by atoms with E-state index in [-0.39, 0.29) is 0 Å². The normalized spacial score (nSPS) is 11.6. The van der Waals surface area contributed by atoms with Gasteiger partial charge < -0.3 is 8.83 Å². The molecule has 0 radical (unpaired) electrons. The van der Waals surface area contributed by atoms with Gasteiger partial charge in [-0.25, -0.2) is 9.97 Å². The number of benzene rings is 6. The van der Waals surface area contributed by atoms with Crippen molar-refractivity contribution in [3.05, 3.63) is 164 Å². The number of furan rings is 2. The van der Waals surface area contributed by atoms with Gasteiger partial charge in [-0.15, -0.1) is 0 Å². The minimum absolute atomic E-state index is 0.628. The van der Waals surface area contributed by atoms with Gasteiger partial charge in [0.15, 0.2) is 5.82 Å². The molecule has 5 heteroatoms. The Morgan fingerprint density at radius 3 is 1.90 bits per heavy atom. The number of pyridine rings is 1. The summed E-state index contributed by atoms with van der Waals surface area (Å²) < 4.78 is 13.0. The summed E-state index contributed by atoms with van der Waals surface area (Å²) >= 11 is 0. The fourth-order valence-corrected chi connectivity index (χ4v) is 7.05. The first-order valence-electron chi connectivity index (χ1n) is 16.6. The molecule has 0 bridgehead atoms. The maximum Gasteiger partial charge on any atom is 0.161 e. The SMILES string of the molecule is c1ccc(-c2cc(-c3ccc(-c4ccc5c(c4)oc4ccccc45)c4oc5ccccc5c34)nc(-c3ccccc3-c3ccccn3)n2)cc1. The lowest BCUT2D eigenvalue weighted by Gasteiger charge is -2.13. The third kappa shape index (κ3) is 4.60. The fraction of sp³-hybridized carbons (Fsp3) is 0. The van der Waals surface area contributed by atoms with Crippen LogP contribution in [0.4, 0.5) is 0 Å². The molecule has 0 aliphatic carbocycles. The van der Waals surface area contributed by atoms with E-state index in [0.29, 0.717) is 5.82 Å². The minimum atomic E-state index is 0.628. The van der Waals surface area contributed by atoms with Crippen LogP contribution >= 0.6 is 0 Å². The smallest absolute Gasteiger partial charge is 0.161 e. The van der Waals surface area contributed by atoms with Gasteiger partial charge in [-0.3, -0.25) is 4.98 Å². The van der Waals surface area contributed by atoms with Crippen molar-refractivity contribution < 1.29 is 8.83 Å². The predicted molar refractivity (Wildman–Crippen MR) is 202 cm³/mol. The molecular weight excluding hydrogens is 615 g/mol. The van der Waals surface area contributed by atoms with Crippen LogP contribution in [-0.2, 0) is 0 Å². The molecule has 5 nitrogen and oxygen atoms in total. The Labute approximate surface area is 287 Å². The summed E-state index contributed by atoms with van der Waals surface area (Å²) in [7, 11) is 0. The Balaban J connectivity index is 1.22. The van der Waals surface area contributed by atoms with E-state index in [1.54, 1.807) is 0 Å². The number of nitrogens with zero attached hydrogens (tertiary/aromatic N) is 3. The molecule has 0 saturated carbocycles. The molecule has 4 heterocycles. The molecule has 4 aromatic heterocycles. The quantitative estimate of drug-likeness (QED) is 0.187. The summed E-state index contributed by atoms with van der Waals surface area (Å²) in [6, 6.07) is 53.5. The van der Waals surface area contributed by atoms with Crippen molar-refractivity contribution in [1.82, 2.24) is 15.0 Å². The average molecular weight is 642 g/mol.